The summed E-state index contributed by atoms with van der Waals surface area (Å²) in [7, 11) is 1.69. The number of halogens is 1. The van der Waals surface area contributed by atoms with Crippen LogP contribution in [0.5, 0.6) is 5.75 Å². The van der Waals surface area contributed by atoms with Gasteiger partial charge in [0.05, 0.1) is 24.3 Å². The van der Waals surface area contributed by atoms with Crippen LogP contribution in [0.25, 0.3) is 0 Å². The lowest BCUT2D eigenvalue weighted by Crippen LogP contribution is -2.62. The van der Waals surface area contributed by atoms with Gasteiger partial charge in [-0.25, -0.2) is 0 Å². The van der Waals surface area contributed by atoms with E-state index in [1.165, 1.54) is 6.20 Å². The molecular formula is C20H32ClN7O4. The van der Waals surface area contributed by atoms with Gasteiger partial charge in [0.2, 0.25) is 5.91 Å². The summed E-state index contributed by atoms with van der Waals surface area (Å²) in [5.74, 6) is -0.883. The maximum absolute atomic E-state index is 13.1. The van der Waals surface area contributed by atoms with Gasteiger partial charge in [-0.15, -0.1) is 16.5 Å². The van der Waals surface area contributed by atoms with Crippen LogP contribution in [0.2, 0.25) is 0 Å². The minimum atomic E-state index is -1.24. The van der Waals surface area contributed by atoms with Gasteiger partial charge in [0, 0.05) is 45.6 Å². The van der Waals surface area contributed by atoms with Crippen molar-refractivity contribution in [3.8, 4) is 5.75 Å². The van der Waals surface area contributed by atoms with E-state index in [-0.39, 0.29) is 11.5 Å². The maximum Gasteiger partial charge on any atom is 0.234 e. The van der Waals surface area contributed by atoms with Crippen LogP contribution < -0.4 is 26.4 Å². The molecule has 0 radical (unpaired) electrons. The number of aromatic nitrogens is 1. The van der Waals surface area contributed by atoms with E-state index in [4.69, 9.17) is 26.8 Å². The first-order chi connectivity index (χ1) is 15.5. The lowest BCUT2D eigenvalue weighted by Gasteiger charge is -2.34. The number of hydrogen-bond donors (Lipinski definition) is 4. The number of alkyl halides is 1. The number of carbonyl (C=O) groups excluding carboxylic acids is 1. The van der Waals surface area contributed by atoms with E-state index in [0.29, 0.717) is 31.1 Å². The lowest BCUT2D eigenvalue weighted by atomic mass is 9.99. The highest BCUT2D eigenvalue weighted by atomic mass is 35.5. The lowest BCUT2D eigenvalue weighted by molar-refractivity contribution is -0.121. The Hall–Kier alpha value is -1.89. The van der Waals surface area contributed by atoms with Crippen molar-refractivity contribution in [2.75, 3.05) is 51.8 Å². The third-order valence-corrected chi connectivity index (χ3v) is 5.99. The predicted octanol–water partition coefficient (Wildman–Crippen LogP) is 0.303. The summed E-state index contributed by atoms with van der Waals surface area (Å²) in [5, 5.41) is 11.8. The van der Waals surface area contributed by atoms with Gasteiger partial charge in [0.1, 0.15) is 23.5 Å². The van der Waals surface area contributed by atoms with E-state index < -0.39 is 24.2 Å². The molecule has 2 aliphatic rings. The highest BCUT2D eigenvalue weighted by molar-refractivity contribution is 6.21. The van der Waals surface area contributed by atoms with Gasteiger partial charge in [0.25, 0.3) is 0 Å². The summed E-state index contributed by atoms with van der Waals surface area (Å²) in [5.41, 5.74) is 6.28. The average Bonchev–Trinajstić information content (AvgIpc) is 2.80. The molecule has 2 aliphatic heterocycles. The van der Waals surface area contributed by atoms with Gasteiger partial charge in [-0.3, -0.25) is 25.3 Å². The molecule has 3 rings (SSSR count). The summed E-state index contributed by atoms with van der Waals surface area (Å²) in [6.07, 6.45) is 3.27. The Morgan fingerprint density at radius 2 is 2.25 bits per heavy atom. The number of anilines is 1. The Balaban J connectivity index is 1.67. The topological polar surface area (TPSA) is 143 Å². The first-order valence-corrected chi connectivity index (χ1v) is 11.3. The van der Waals surface area contributed by atoms with Crippen LogP contribution in [-0.4, -0.2) is 86.0 Å². The molecule has 178 valence electrons. The first kappa shape index (κ1) is 24.7. The van der Waals surface area contributed by atoms with Gasteiger partial charge in [0.15, 0.2) is 6.17 Å². The molecule has 32 heavy (non-hydrogen) atoms. The van der Waals surface area contributed by atoms with Crippen molar-refractivity contribution in [1.29, 1.82) is 0 Å². The molecule has 3 atom stereocenters. The maximum atomic E-state index is 13.1. The summed E-state index contributed by atoms with van der Waals surface area (Å²) in [6.45, 7) is 4.26. The summed E-state index contributed by atoms with van der Waals surface area (Å²) in [6, 6.07) is 1.71. The zero-order chi connectivity index (χ0) is 22.9. The molecule has 0 aromatic carbocycles. The van der Waals surface area contributed by atoms with E-state index in [1.54, 1.807) is 19.4 Å². The Labute approximate surface area is 192 Å². The van der Waals surface area contributed by atoms with Gasteiger partial charge in [-0.1, -0.05) is 5.18 Å². The van der Waals surface area contributed by atoms with Crippen molar-refractivity contribution in [2.45, 2.75) is 36.7 Å². The van der Waals surface area contributed by atoms with Gasteiger partial charge < -0.3 is 20.5 Å². The molecule has 0 spiro atoms. The SMILES string of the molecule is COCCN1CCC[C@H](Oc2ccncc2NC(=O)C(C(N)N=O)C2NCC(Cl)CN2)C1. The summed E-state index contributed by atoms with van der Waals surface area (Å²) in [4.78, 5) is 30.7. The van der Waals surface area contributed by atoms with Crippen molar-refractivity contribution in [3.63, 3.8) is 0 Å². The molecule has 0 bridgehead atoms. The van der Waals surface area contributed by atoms with E-state index >= 15 is 0 Å². The fourth-order valence-corrected chi connectivity index (χ4v) is 4.16. The minimum absolute atomic E-state index is 0.0179. The molecule has 0 saturated carbocycles. The number of nitrogens with one attached hydrogen (secondary N) is 3. The number of nitroso groups, excluding NO2 is 1. The first-order valence-electron chi connectivity index (χ1n) is 10.8. The van der Waals surface area contributed by atoms with Crippen LogP contribution in [0.3, 0.4) is 0 Å². The van der Waals surface area contributed by atoms with Gasteiger partial charge >= 0.3 is 0 Å². The number of likely N-dealkylation sites (tertiary alicyclic amines) is 1. The zero-order valence-electron chi connectivity index (χ0n) is 18.2. The second-order valence-corrected chi connectivity index (χ2v) is 8.67. The third kappa shape index (κ3) is 6.80. The number of amides is 1. The summed E-state index contributed by atoms with van der Waals surface area (Å²) >= 11 is 6.08. The number of nitrogens with two attached hydrogens (primary N) is 1. The van der Waals surface area contributed by atoms with Crippen molar-refractivity contribution < 1.29 is 14.3 Å². The number of pyridine rings is 1. The Kier molecular flexibility index (Phi) is 9.57. The number of piperidine rings is 1. The number of rotatable bonds is 10. The molecular weight excluding hydrogens is 438 g/mol. The molecule has 1 aromatic heterocycles. The fraction of sp³-hybridized carbons (Fsp3) is 0.700. The smallest absolute Gasteiger partial charge is 0.234 e. The monoisotopic (exact) mass is 469 g/mol. The van der Waals surface area contributed by atoms with Crippen LogP contribution in [0.4, 0.5) is 5.69 Å². The van der Waals surface area contributed by atoms with E-state index in [2.05, 4.69) is 31.0 Å². The molecule has 2 fully saturated rings. The van der Waals surface area contributed by atoms with Gasteiger partial charge in [-0.05, 0) is 19.4 Å². The van der Waals surface area contributed by atoms with Crippen LogP contribution in [0.15, 0.2) is 23.6 Å². The molecule has 3 heterocycles. The fourth-order valence-electron chi connectivity index (χ4n) is 3.98. The van der Waals surface area contributed by atoms with Crippen LogP contribution in [0, 0.1) is 10.8 Å². The highest BCUT2D eigenvalue weighted by Crippen LogP contribution is 2.27. The molecule has 5 N–H and O–H groups in total. The van der Waals surface area contributed by atoms with Crippen LogP contribution >= 0.6 is 11.6 Å². The van der Waals surface area contributed by atoms with Crippen molar-refractivity contribution in [3.05, 3.63) is 23.4 Å². The van der Waals surface area contributed by atoms with Crippen LogP contribution in [0.1, 0.15) is 12.8 Å². The van der Waals surface area contributed by atoms with Crippen molar-refractivity contribution in [1.82, 2.24) is 20.5 Å². The van der Waals surface area contributed by atoms with E-state index in [1.807, 2.05) is 0 Å². The number of carbonyl (C=O) groups is 1. The highest BCUT2D eigenvalue weighted by Gasteiger charge is 2.37. The van der Waals surface area contributed by atoms with E-state index in [9.17, 15) is 9.70 Å². The molecule has 0 aliphatic carbocycles. The number of nitrogens with zero attached hydrogens (tertiary/aromatic N) is 3. The molecule has 2 saturated heterocycles. The van der Waals surface area contributed by atoms with E-state index in [0.717, 1.165) is 32.5 Å². The molecule has 12 heteroatoms. The van der Waals surface area contributed by atoms with Crippen molar-refractivity contribution in [2.24, 2.45) is 16.8 Å². The molecule has 1 aromatic rings. The number of hydrogen-bond acceptors (Lipinski definition) is 10. The Bertz CT molecular complexity index is 750. The van der Waals surface area contributed by atoms with Gasteiger partial charge in [-0.2, -0.15) is 0 Å². The number of methoxy groups -OCH3 is 1. The Morgan fingerprint density at radius 3 is 2.97 bits per heavy atom. The third-order valence-electron chi connectivity index (χ3n) is 5.68. The standard InChI is InChI=1S/C20H32ClN7O4/c1-31-8-7-28-6-2-3-14(12-28)32-16-4-5-23-11-15(16)26-20(29)17(18(22)27-30)19-24-9-13(21)10-25-19/h4-5,11,13-14,17-19,24-25H,2-3,6-10,12,22H2,1H3,(H,26,29)/t13?,14-,17?,18?,19?/m0/s1. The van der Waals surface area contributed by atoms with Crippen LogP contribution in [-0.2, 0) is 9.53 Å². The molecule has 2 unspecified atom stereocenters. The average molecular weight is 470 g/mol. The second-order valence-electron chi connectivity index (χ2n) is 8.05. The summed E-state index contributed by atoms with van der Waals surface area (Å²) < 4.78 is 11.4. The quantitative estimate of drug-likeness (QED) is 0.281. The normalized spacial score (nSPS) is 26.2. The second kappa shape index (κ2) is 12.4. The predicted molar refractivity (Wildman–Crippen MR) is 122 cm³/mol. The largest absolute Gasteiger partial charge is 0.487 e. The zero-order valence-corrected chi connectivity index (χ0v) is 19.0. The Morgan fingerprint density at radius 1 is 1.47 bits per heavy atom. The van der Waals surface area contributed by atoms with Crippen molar-refractivity contribution >= 4 is 23.2 Å². The molecule has 11 nitrogen and oxygen atoms in total. The molecule has 1 amide bonds. The minimum Gasteiger partial charge on any atom is -0.487 e. The number of ether oxygens (including phenoxy) is 2.